The van der Waals surface area contributed by atoms with Crippen LogP contribution in [0.15, 0.2) is 69.0 Å². The van der Waals surface area contributed by atoms with Gasteiger partial charge in [0, 0.05) is 27.9 Å². The van der Waals surface area contributed by atoms with Crippen molar-refractivity contribution in [2.24, 2.45) is 5.92 Å². The number of thiophene rings is 1. The highest BCUT2D eigenvalue weighted by Gasteiger charge is 2.30. The maximum atomic E-state index is 14.0. The molecule has 1 aliphatic heterocycles. The fourth-order valence-corrected chi connectivity index (χ4v) is 7.34. The number of hydrogen-bond donors (Lipinski definition) is 0. The molecule has 3 aromatic heterocycles. The van der Waals surface area contributed by atoms with Gasteiger partial charge in [-0.1, -0.05) is 84.0 Å². The first-order valence-electron chi connectivity index (χ1n) is 12.9. The highest BCUT2D eigenvalue weighted by Crippen LogP contribution is 2.37. The fourth-order valence-electron chi connectivity index (χ4n) is 4.95. The van der Waals surface area contributed by atoms with Crippen LogP contribution in [0.3, 0.4) is 0 Å². The molecule has 1 aliphatic rings. The van der Waals surface area contributed by atoms with Crippen molar-refractivity contribution in [2.45, 2.75) is 51.1 Å². The summed E-state index contributed by atoms with van der Waals surface area (Å²) in [5.41, 5.74) is 2.84. The highest BCUT2D eigenvalue weighted by atomic mass is 79.9. The number of ketones is 1. The van der Waals surface area contributed by atoms with E-state index >= 15 is 0 Å². The van der Waals surface area contributed by atoms with Gasteiger partial charge in [0.15, 0.2) is 10.9 Å². The van der Waals surface area contributed by atoms with Crippen LogP contribution in [-0.2, 0) is 30.7 Å². The molecule has 0 bridgehead atoms. The Morgan fingerprint density at radius 1 is 1.15 bits per heavy atom. The van der Waals surface area contributed by atoms with Gasteiger partial charge < -0.3 is 4.74 Å². The zero-order chi connectivity index (χ0) is 27.1. The number of nitrogens with zero attached hydrogens (tertiary/aromatic N) is 4. The van der Waals surface area contributed by atoms with Gasteiger partial charge in [0.25, 0.3) is 5.56 Å². The summed E-state index contributed by atoms with van der Waals surface area (Å²) in [7, 11) is 0. The van der Waals surface area contributed by atoms with Crippen molar-refractivity contribution in [1.82, 2.24) is 19.2 Å². The molecule has 0 saturated heterocycles. The molecule has 0 aliphatic carbocycles. The van der Waals surface area contributed by atoms with Crippen LogP contribution in [0.5, 0.6) is 0 Å². The molecular formula is C29H27BrN4O3S2. The van der Waals surface area contributed by atoms with Crippen LogP contribution in [-0.4, -0.2) is 36.8 Å². The van der Waals surface area contributed by atoms with Crippen LogP contribution >= 0.6 is 39.0 Å². The van der Waals surface area contributed by atoms with Gasteiger partial charge in [0.2, 0.25) is 5.78 Å². The summed E-state index contributed by atoms with van der Waals surface area (Å²) < 4.78 is 10.8. The summed E-state index contributed by atoms with van der Waals surface area (Å²) in [5.74, 6) is 1.08. The Labute approximate surface area is 242 Å². The third kappa shape index (κ3) is 5.11. The normalized spacial score (nSPS) is 15.3. The quantitative estimate of drug-likeness (QED) is 0.152. The molecule has 0 saturated carbocycles. The highest BCUT2D eigenvalue weighted by molar-refractivity contribution is 9.10. The van der Waals surface area contributed by atoms with E-state index in [4.69, 9.17) is 4.74 Å². The lowest BCUT2D eigenvalue weighted by Crippen LogP contribution is -2.29. The minimum atomic E-state index is -0.0368. The number of ether oxygens (including phenoxy) is 1. The van der Waals surface area contributed by atoms with Gasteiger partial charge in [-0.25, -0.2) is 4.40 Å². The molecule has 0 radical (unpaired) electrons. The van der Waals surface area contributed by atoms with Gasteiger partial charge in [0.05, 0.1) is 23.8 Å². The van der Waals surface area contributed by atoms with Gasteiger partial charge >= 0.3 is 0 Å². The van der Waals surface area contributed by atoms with Crippen molar-refractivity contribution in [2.75, 3.05) is 5.75 Å². The molecule has 0 unspecified atom stereocenters. The molecule has 0 N–H and O–H groups in total. The number of carbonyl (C=O) groups excluding carboxylic acids is 1. The van der Waals surface area contributed by atoms with Crippen molar-refractivity contribution in [3.05, 3.63) is 91.0 Å². The number of fused-ring (bicyclic) bond motifs is 5. The summed E-state index contributed by atoms with van der Waals surface area (Å²) in [4.78, 5) is 28.9. The molecule has 0 amide bonds. The summed E-state index contributed by atoms with van der Waals surface area (Å²) in [5, 5.41) is 10.3. The zero-order valence-corrected chi connectivity index (χ0v) is 24.8. The van der Waals surface area contributed by atoms with Crippen LogP contribution in [0.4, 0.5) is 0 Å². The molecule has 10 heteroatoms. The second-order valence-electron chi connectivity index (χ2n) is 10.0. The second kappa shape index (κ2) is 11.0. The number of aromatic nitrogens is 4. The van der Waals surface area contributed by atoms with Gasteiger partial charge in [-0.2, -0.15) is 0 Å². The van der Waals surface area contributed by atoms with Crippen molar-refractivity contribution in [3.63, 3.8) is 0 Å². The van der Waals surface area contributed by atoms with E-state index in [0.717, 1.165) is 30.7 Å². The van der Waals surface area contributed by atoms with E-state index in [1.54, 1.807) is 15.9 Å². The molecule has 0 fully saturated rings. The molecule has 7 nitrogen and oxygen atoms in total. The monoisotopic (exact) mass is 622 g/mol. The smallest absolute Gasteiger partial charge is 0.263 e. The maximum Gasteiger partial charge on any atom is 0.263 e. The Hall–Kier alpha value is -2.79. The molecule has 0 spiro atoms. The van der Waals surface area contributed by atoms with E-state index in [1.807, 2.05) is 46.9 Å². The third-order valence-electron chi connectivity index (χ3n) is 7.13. The molecule has 200 valence electrons. The van der Waals surface area contributed by atoms with Gasteiger partial charge in [-0.15, -0.1) is 21.5 Å². The first-order valence-corrected chi connectivity index (χ1v) is 15.5. The average molecular weight is 624 g/mol. The number of benzene rings is 2. The van der Waals surface area contributed by atoms with E-state index in [-0.39, 0.29) is 23.2 Å². The molecule has 39 heavy (non-hydrogen) atoms. The van der Waals surface area contributed by atoms with Crippen molar-refractivity contribution in [1.29, 1.82) is 0 Å². The van der Waals surface area contributed by atoms with Crippen LogP contribution in [0, 0.1) is 5.92 Å². The van der Waals surface area contributed by atoms with Crippen LogP contribution < -0.4 is 5.56 Å². The summed E-state index contributed by atoms with van der Waals surface area (Å²) in [6, 6.07) is 17.5. The van der Waals surface area contributed by atoms with Gasteiger partial charge in [-0.3, -0.25) is 14.2 Å². The van der Waals surface area contributed by atoms with Gasteiger partial charge in [-0.05, 0) is 35.6 Å². The molecule has 1 atom stereocenters. The Balaban J connectivity index is 1.44. The Kier molecular flexibility index (Phi) is 7.45. The number of thioether (sulfide) groups is 1. The van der Waals surface area contributed by atoms with E-state index in [9.17, 15) is 9.59 Å². The number of rotatable bonds is 8. The first-order chi connectivity index (χ1) is 18.9. The molecular weight excluding hydrogens is 596 g/mol. The third-order valence-corrected chi connectivity index (χ3v) is 9.78. The summed E-state index contributed by atoms with van der Waals surface area (Å²) >= 11 is 6.34. The fraction of sp³-hybridized carbons (Fsp3) is 0.310. The van der Waals surface area contributed by atoms with Crippen molar-refractivity contribution in [3.8, 4) is 0 Å². The summed E-state index contributed by atoms with van der Waals surface area (Å²) in [6.45, 7) is 5.28. The Bertz CT molecular complexity index is 1730. The maximum absolute atomic E-state index is 14.0. The SMILES string of the molecule is CC(C)[C@@H]1Cc2c(sc3c2c(=O)n(CCc2ccccc2)c2nnc(SCC(=O)c4ccc(Br)cc4)n32)CO1. The van der Waals surface area contributed by atoms with Gasteiger partial charge in [0.1, 0.15) is 4.83 Å². The number of halogens is 1. The summed E-state index contributed by atoms with van der Waals surface area (Å²) in [6.07, 6.45) is 1.48. The molecule has 4 heterocycles. The lowest BCUT2D eigenvalue weighted by molar-refractivity contribution is 0.00200. The van der Waals surface area contributed by atoms with Crippen LogP contribution in [0.1, 0.15) is 40.2 Å². The first kappa shape index (κ1) is 26.4. The predicted octanol–water partition coefficient (Wildman–Crippen LogP) is 6.18. The number of Topliss-reactive ketones (excluding diaryl/α,β-unsaturated/α-hetero) is 1. The molecule has 6 rings (SSSR count). The van der Waals surface area contributed by atoms with E-state index < -0.39 is 0 Å². The standard InChI is InChI=1S/C29H27BrN4O3S2/c1-17(2)23-14-21-24(15-37-23)39-27-25(21)26(36)33(13-12-18-6-4-3-5-7-18)28-31-32-29(34(27)28)38-16-22(35)19-8-10-20(30)11-9-19/h3-11,17,23H,12-16H2,1-2H3/t23-/m0/s1. The minimum Gasteiger partial charge on any atom is -0.372 e. The largest absolute Gasteiger partial charge is 0.372 e. The second-order valence-corrected chi connectivity index (χ2v) is 13.0. The Morgan fingerprint density at radius 2 is 1.92 bits per heavy atom. The lowest BCUT2D eigenvalue weighted by Gasteiger charge is -2.26. The predicted molar refractivity (Wildman–Crippen MR) is 159 cm³/mol. The lowest BCUT2D eigenvalue weighted by atomic mass is 9.96. The number of hydrogen-bond acceptors (Lipinski definition) is 7. The van der Waals surface area contributed by atoms with E-state index in [1.165, 1.54) is 11.8 Å². The Morgan fingerprint density at radius 3 is 2.67 bits per heavy atom. The topological polar surface area (TPSA) is 78.5 Å². The van der Waals surface area contributed by atoms with Crippen LogP contribution in [0.2, 0.25) is 0 Å². The molecule has 2 aromatic carbocycles. The van der Waals surface area contributed by atoms with E-state index in [0.29, 0.717) is 48.4 Å². The van der Waals surface area contributed by atoms with Crippen molar-refractivity contribution < 1.29 is 9.53 Å². The molecule has 5 aromatic rings. The van der Waals surface area contributed by atoms with Crippen molar-refractivity contribution >= 4 is 60.8 Å². The number of aryl methyl sites for hydroxylation is 2. The zero-order valence-electron chi connectivity index (χ0n) is 21.6. The minimum absolute atomic E-state index is 0.0107. The number of carbonyl (C=O) groups is 1. The van der Waals surface area contributed by atoms with E-state index in [2.05, 4.69) is 52.1 Å². The average Bonchev–Trinajstić information content (AvgIpc) is 3.54. The van der Waals surface area contributed by atoms with Crippen LogP contribution in [0.25, 0.3) is 16.0 Å².